The van der Waals surface area contributed by atoms with E-state index in [1.54, 1.807) is 24.4 Å². The van der Waals surface area contributed by atoms with E-state index in [2.05, 4.69) is 16.8 Å². The molecule has 0 aliphatic carbocycles. The highest BCUT2D eigenvalue weighted by molar-refractivity contribution is 5.95. The second kappa shape index (κ2) is 10.7. The molecule has 0 bridgehead atoms. The maximum absolute atomic E-state index is 13.0. The number of halogens is 1. The molecule has 0 aliphatic rings. The molecular formula is C25H28FN3O2. The van der Waals surface area contributed by atoms with Gasteiger partial charge in [-0.15, -0.1) is 0 Å². The molecule has 0 N–H and O–H groups in total. The van der Waals surface area contributed by atoms with Gasteiger partial charge in [-0.05, 0) is 81.2 Å². The minimum absolute atomic E-state index is 0.0172. The summed E-state index contributed by atoms with van der Waals surface area (Å²) in [6.07, 6.45) is 2.58. The second-order valence-corrected chi connectivity index (χ2v) is 7.61. The summed E-state index contributed by atoms with van der Waals surface area (Å²) in [6.45, 7) is 4.30. The summed E-state index contributed by atoms with van der Waals surface area (Å²) < 4.78 is 18.8. The highest BCUT2D eigenvalue weighted by atomic mass is 19.1. The Labute approximate surface area is 183 Å². The number of hydrogen-bond acceptors (Lipinski definition) is 4. The van der Waals surface area contributed by atoms with Crippen molar-refractivity contribution < 1.29 is 13.9 Å². The van der Waals surface area contributed by atoms with Crippen LogP contribution in [-0.2, 0) is 0 Å². The van der Waals surface area contributed by atoms with E-state index in [-0.39, 0.29) is 11.7 Å². The van der Waals surface area contributed by atoms with E-state index in [1.165, 1.54) is 12.1 Å². The van der Waals surface area contributed by atoms with Gasteiger partial charge in [0, 0.05) is 37.0 Å². The molecule has 0 aliphatic heterocycles. The van der Waals surface area contributed by atoms with Crippen LogP contribution >= 0.6 is 0 Å². The fraction of sp³-hybridized carbons (Fsp3) is 0.280. The van der Waals surface area contributed by atoms with Gasteiger partial charge in [-0.3, -0.25) is 9.78 Å². The van der Waals surface area contributed by atoms with Crippen LogP contribution in [0, 0.1) is 5.82 Å². The quantitative estimate of drug-likeness (QED) is 0.483. The lowest BCUT2D eigenvalue weighted by molar-refractivity contribution is 0.0745. The SMILES string of the molecule is CCCN(CCN(C)C)C(=O)c1ccnc(-c2ccc(Oc3ccc(F)cc3)cc2)c1. The number of nitrogens with zero attached hydrogens (tertiary/aromatic N) is 3. The summed E-state index contributed by atoms with van der Waals surface area (Å²) in [5, 5.41) is 0. The van der Waals surface area contributed by atoms with Crippen LogP contribution in [0.25, 0.3) is 11.3 Å². The molecule has 1 aromatic heterocycles. The third kappa shape index (κ3) is 6.36. The van der Waals surface area contributed by atoms with Crippen molar-refractivity contribution in [3.63, 3.8) is 0 Å². The van der Waals surface area contributed by atoms with Crippen LogP contribution in [0.1, 0.15) is 23.7 Å². The van der Waals surface area contributed by atoms with Crippen molar-refractivity contribution in [2.24, 2.45) is 0 Å². The van der Waals surface area contributed by atoms with E-state index in [4.69, 9.17) is 4.74 Å². The molecular weight excluding hydrogens is 393 g/mol. The van der Waals surface area contributed by atoms with Crippen molar-refractivity contribution in [1.29, 1.82) is 0 Å². The summed E-state index contributed by atoms with van der Waals surface area (Å²) in [6, 6.07) is 16.9. The largest absolute Gasteiger partial charge is 0.457 e. The Hall–Kier alpha value is -3.25. The third-order valence-corrected chi connectivity index (χ3v) is 4.80. The van der Waals surface area contributed by atoms with Gasteiger partial charge in [-0.25, -0.2) is 4.39 Å². The van der Waals surface area contributed by atoms with Crippen molar-refractivity contribution in [3.05, 3.63) is 78.2 Å². The van der Waals surface area contributed by atoms with Gasteiger partial charge in [0.15, 0.2) is 0 Å². The molecule has 6 heteroatoms. The van der Waals surface area contributed by atoms with E-state index >= 15 is 0 Å². The van der Waals surface area contributed by atoms with Gasteiger partial charge in [-0.1, -0.05) is 6.92 Å². The zero-order valence-electron chi connectivity index (χ0n) is 18.2. The zero-order valence-corrected chi connectivity index (χ0v) is 18.2. The number of carbonyl (C=O) groups is 1. The first-order valence-corrected chi connectivity index (χ1v) is 10.4. The summed E-state index contributed by atoms with van der Waals surface area (Å²) >= 11 is 0. The van der Waals surface area contributed by atoms with E-state index in [9.17, 15) is 9.18 Å². The average molecular weight is 422 g/mol. The predicted octanol–water partition coefficient (Wildman–Crippen LogP) is 5.09. The molecule has 1 amide bonds. The molecule has 31 heavy (non-hydrogen) atoms. The summed E-state index contributed by atoms with van der Waals surface area (Å²) in [7, 11) is 4.01. The van der Waals surface area contributed by atoms with E-state index in [0.29, 0.717) is 23.6 Å². The topological polar surface area (TPSA) is 45.7 Å². The lowest BCUT2D eigenvalue weighted by Gasteiger charge is -2.24. The number of hydrogen-bond donors (Lipinski definition) is 0. The maximum Gasteiger partial charge on any atom is 0.254 e. The van der Waals surface area contributed by atoms with Crippen LogP contribution in [0.15, 0.2) is 66.9 Å². The van der Waals surface area contributed by atoms with E-state index < -0.39 is 0 Å². The van der Waals surface area contributed by atoms with Crippen molar-refractivity contribution in [2.75, 3.05) is 33.7 Å². The number of ether oxygens (including phenoxy) is 1. The zero-order chi connectivity index (χ0) is 22.2. The smallest absolute Gasteiger partial charge is 0.254 e. The third-order valence-electron chi connectivity index (χ3n) is 4.80. The molecule has 2 aromatic carbocycles. The molecule has 0 atom stereocenters. The molecule has 3 aromatic rings. The van der Waals surface area contributed by atoms with Gasteiger partial charge in [0.1, 0.15) is 17.3 Å². The molecule has 1 heterocycles. The fourth-order valence-corrected chi connectivity index (χ4v) is 3.14. The fourth-order valence-electron chi connectivity index (χ4n) is 3.14. The molecule has 0 spiro atoms. The Morgan fingerprint density at radius 1 is 0.935 bits per heavy atom. The van der Waals surface area contributed by atoms with Crippen molar-refractivity contribution in [3.8, 4) is 22.8 Å². The van der Waals surface area contributed by atoms with Gasteiger partial charge in [0.2, 0.25) is 0 Å². The number of aromatic nitrogens is 1. The van der Waals surface area contributed by atoms with Crippen molar-refractivity contribution in [2.45, 2.75) is 13.3 Å². The lowest BCUT2D eigenvalue weighted by atomic mass is 10.1. The number of pyridine rings is 1. The molecule has 0 unspecified atom stereocenters. The molecule has 0 saturated carbocycles. The van der Waals surface area contributed by atoms with Crippen molar-refractivity contribution >= 4 is 5.91 Å². The maximum atomic E-state index is 13.0. The Bertz CT molecular complexity index is 988. The first kappa shape index (κ1) is 22.4. The molecule has 5 nitrogen and oxygen atoms in total. The first-order chi connectivity index (χ1) is 15.0. The van der Waals surface area contributed by atoms with Gasteiger partial charge >= 0.3 is 0 Å². The standard InChI is InChI=1S/C25H28FN3O2/c1-4-15-29(17-16-28(2)3)25(30)20-13-14-27-24(18-20)19-5-9-22(10-6-19)31-23-11-7-21(26)8-12-23/h5-14,18H,4,15-17H2,1-3H3. The van der Waals surface area contributed by atoms with Crippen molar-refractivity contribution in [1.82, 2.24) is 14.8 Å². The van der Waals surface area contributed by atoms with E-state index in [1.807, 2.05) is 49.3 Å². The highest BCUT2D eigenvalue weighted by Crippen LogP contribution is 2.25. The summed E-state index contributed by atoms with van der Waals surface area (Å²) in [4.78, 5) is 21.4. The predicted molar refractivity (Wildman–Crippen MR) is 121 cm³/mol. The Morgan fingerprint density at radius 3 is 2.19 bits per heavy atom. The van der Waals surface area contributed by atoms with Gasteiger partial charge < -0.3 is 14.5 Å². The van der Waals surface area contributed by atoms with Gasteiger partial charge in [-0.2, -0.15) is 0 Å². The van der Waals surface area contributed by atoms with Gasteiger partial charge in [0.05, 0.1) is 5.69 Å². The summed E-state index contributed by atoms with van der Waals surface area (Å²) in [5.74, 6) is 0.917. The lowest BCUT2D eigenvalue weighted by Crippen LogP contribution is -2.37. The van der Waals surface area contributed by atoms with Crippen LogP contribution in [0.2, 0.25) is 0 Å². The van der Waals surface area contributed by atoms with Crippen LogP contribution in [0.3, 0.4) is 0 Å². The van der Waals surface area contributed by atoms with Gasteiger partial charge in [0.25, 0.3) is 5.91 Å². The number of benzene rings is 2. The molecule has 0 fully saturated rings. The summed E-state index contributed by atoms with van der Waals surface area (Å²) in [5.41, 5.74) is 2.24. The Kier molecular flexibility index (Phi) is 7.73. The number of amides is 1. The normalized spacial score (nSPS) is 10.9. The minimum Gasteiger partial charge on any atom is -0.457 e. The number of likely N-dealkylation sites (N-methyl/N-ethyl adjacent to an activating group) is 1. The highest BCUT2D eigenvalue weighted by Gasteiger charge is 2.16. The minimum atomic E-state index is -0.303. The average Bonchev–Trinajstić information content (AvgIpc) is 2.78. The Morgan fingerprint density at radius 2 is 1.58 bits per heavy atom. The van der Waals surface area contributed by atoms with Crippen LogP contribution in [-0.4, -0.2) is 54.4 Å². The molecule has 3 rings (SSSR count). The number of carbonyl (C=O) groups excluding carboxylic acids is 1. The first-order valence-electron chi connectivity index (χ1n) is 10.4. The Balaban J connectivity index is 1.74. The van der Waals surface area contributed by atoms with Crippen LogP contribution in [0.5, 0.6) is 11.5 Å². The number of rotatable bonds is 9. The van der Waals surface area contributed by atoms with Crippen LogP contribution in [0.4, 0.5) is 4.39 Å². The van der Waals surface area contributed by atoms with E-state index in [0.717, 1.165) is 30.8 Å². The molecule has 0 radical (unpaired) electrons. The second-order valence-electron chi connectivity index (χ2n) is 7.61. The van der Waals surface area contributed by atoms with Crippen LogP contribution < -0.4 is 4.74 Å². The molecule has 0 saturated heterocycles. The monoisotopic (exact) mass is 421 g/mol. The molecule has 162 valence electrons.